The summed E-state index contributed by atoms with van der Waals surface area (Å²) in [7, 11) is 0. The first-order valence-corrected chi connectivity index (χ1v) is 6.92. The normalized spacial score (nSPS) is 22.8. The molecule has 1 aromatic carbocycles. The predicted molar refractivity (Wildman–Crippen MR) is 79.1 cm³/mol. The van der Waals surface area contributed by atoms with E-state index in [1.54, 1.807) is 0 Å². The minimum atomic E-state index is -1.19. The zero-order chi connectivity index (χ0) is 14.4. The molecular formula is C16H19FN2O. The molecule has 0 unspecified atom stereocenters. The maximum Gasteiger partial charge on any atom is 0.145 e. The first-order chi connectivity index (χ1) is 9.47. The second-order valence-electron chi connectivity index (χ2n) is 5.69. The number of benzene rings is 1. The van der Waals surface area contributed by atoms with Crippen molar-refractivity contribution in [1.29, 1.82) is 0 Å². The molecule has 1 aliphatic rings. The van der Waals surface area contributed by atoms with Crippen molar-refractivity contribution in [2.24, 2.45) is 0 Å². The van der Waals surface area contributed by atoms with Gasteiger partial charge in [-0.1, -0.05) is 12.1 Å². The third kappa shape index (κ3) is 2.04. The topological polar surface area (TPSA) is 36.4 Å². The van der Waals surface area contributed by atoms with Crippen molar-refractivity contribution in [3.05, 3.63) is 34.9 Å². The summed E-state index contributed by atoms with van der Waals surface area (Å²) in [6, 6.07) is 6.16. The lowest BCUT2D eigenvalue weighted by Gasteiger charge is -2.19. The number of aryl methyl sites for hydroxylation is 3. The Labute approximate surface area is 118 Å². The minimum absolute atomic E-state index is 0.212. The monoisotopic (exact) mass is 274 g/mol. The standard InChI is InChI=1S/C16H19FN2O/c1-9-4-5-12-10(2)6-15(18-16(12)11(9)3)19-7-13(17)14(20)8-19/h4-6,13-14,20H,7-8H2,1-3H3/t13-,14-/m1/s1. The molecule has 0 spiro atoms. The van der Waals surface area contributed by atoms with Crippen molar-refractivity contribution in [1.82, 2.24) is 4.98 Å². The number of aliphatic hydroxyl groups is 1. The van der Waals surface area contributed by atoms with E-state index in [0.29, 0.717) is 6.54 Å². The number of hydrogen-bond donors (Lipinski definition) is 1. The highest BCUT2D eigenvalue weighted by Gasteiger charge is 2.32. The van der Waals surface area contributed by atoms with E-state index in [4.69, 9.17) is 4.98 Å². The van der Waals surface area contributed by atoms with Crippen LogP contribution < -0.4 is 4.90 Å². The Balaban J connectivity index is 2.12. The fourth-order valence-corrected chi connectivity index (χ4v) is 2.78. The Hall–Kier alpha value is -1.68. The number of hydrogen-bond acceptors (Lipinski definition) is 3. The maximum atomic E-state index is 13.5. The van der Waals surface area contributed by atoms with Gasteiger partial charge in [-0.25, -0.2) is 9.37 Å². The van der Waals surface area contributed by atoms with Gasteiger partial charge in [-0.2, -0.15) is 0 Å². The van der Waals surface area contributed by atoms with Crippen LogP contribution >= 0.6 is 0 Å². The number of β-amino-alcohol motifs (C(OH)–C–C–N with tert-alkyl or cyclic N) is 1. The molecule has 0 aliphatic carbocycles. The molecule has 1 aliphatic heterocycles. The molecule has 0 radical (unpaired) electrons. The van der Waals surface area contributed by atoms with Gasteiger partial charge >= 0.3 is 0 Å². The van der Waals surface area contributed by atoms with Crippen molar-refractivity contribution in [3.8, 4) is 0 Å². The molecule has 2 atom stereocenters. The molecule has 1 aromatic heterocycles. The highest BCUT2D eigenvalue weighted by molar-refractivity contribution is 5.87. The molecule has 1 N–H and O–H groups in total. The highest BCUT2D eigenvalue weighted by atomic mass is 19.1. The predicted octanol–water partition coefficient (Wildman–Crippen LogP) is 2.68. The molecule has 2 heterocycles. The second-order valence-corrected chi connectivity index (χ2v) is 5.69. The van der Waals surface area contributed by atoms with Crippen LogP contribution in [0.25, 0.3) is 10.9 Å². The van der Waals surface area contributed by atoms with Crippen molar-refractivity contribution in [2.45, 2.75) is 33.0 Å². The number of alkyl halides is 1. The summed E-state index contributed by atoms with van der Waals surface area (Å²) < 4.78 is 13.5. The quantitative estimate of drug-likeness (QED) is 0.868. The third-order valence-corrected chi connectivity index (χ3v) is 4.24. The minimum Gasteiger partial charge on any atom is -0.388 e. The third-order valence-electron chi connectivity index (χ3n) is 4.24. The molecule has 2 aromatic rings. The first kappa shape index (κ1) is 13.3. The number of pyridine rings is 1. The summed E-state index contributed by atoms with van der Waals surface area (Å²) in [4.78, 5) is 6.52. The zero-order valence-electron chi connectivity index (χ0n) is 12.0. The van der Waals surface area contributed by atoms with E-state index in [1.807, 2.05) is 17.9 Å². The molecule has 0 bridgehead atoms. The number of rotatable bonds is 1. The van der Waals surface area contributed by atoms with Crippen molar-refractivity contribution in [2.75, 3.05) is 18.0 Å². The van der Waals surface area contributed by atoms with E-state index in [1.165, 1.54) is 5.56 Å². The van der Waals surface area contributed by atoms with E-state index in [-0.39, 0.29) is 6.54 Å². The number of fused-ring (bicyclic) bond motifs is 1. The molecular weight excluding hydrogens is 255 g/mol. The SMILES string of the molecule is Cc1ccc2c(C)cc(N3C[C@@H](O)[C@H](F)C3)nc2c1C. The summed E-state index contributed by atoms with van der Waals surface area (Å²) >= 11 is 0. The van der Waals surface area contributed by atoms with E-state index < -0.39 is 12.3 Å². The van der Waals surface area contributed by atoms with Crippen LogP contribution in [0.2, 0.25) is 0 Å². The average Bonchev–Trinajstić information content (AvgIpc) is 2.74. The van der Waals surface area contributed by atoms with Gasteiger partial charge in [0.15, 0.2) is 0 Å². The van der Waals surface area contributed by atoms with Crippen LogP contribution in [0.5, 0.6) is 0 Å². The number of aliphatic hydroxyl groups excluding tert-OH is 1. The number of anilines is 1. The number of nitrogens with zero attached hydrogens (tertiary/aromatic N) is 2. The van der Waals surface area contributed by atoms with Crippen molar-refractivity contribution >= 4 is 16.7 Å². The van der Waals surface area contributed by atoms with Crippen LogP contribution in [-0.4, -0.2) is 35.5 Å². The number of aromatic nitrogens is 1. The van der Waals surface area contributed by atoms with Crippen LogP contribution in [0.1, 0.15) is 16.7 Å². The largest absolute Gasteiger partial charge is 0.388 e. The highest BCUT2D eigenvalue weighted by Crippen LogP contribution is 2.28. The Morgan fingerprint density at radius 3 is 2.60 bits per heavy atom. The van der Waals surface area contributed by atoms with Gasteiger partial charge in [0.05, 0.1) is 12.1 Å². The lowest BCUT2D eigenvalue weighted by Crippen LogP contribution is -2.22. The Bertz CT molecular complexity index is 661. The van der Waals surface area contributed by atoms with Gasteiger partial charge in [0.25, 0.3) is 0 Å². The van der Waals surface area contributed by atoms with Crippen LogP contribution in [0.4, 0.5) is 10.2 Å². The molecule has 3 nitrogen and oxygen atoms in total. The second kappa shape index (κ2) is 4.70. The molecule has 1 fully saturated rings. The van der Waals surface area contributed by atoms with Gasteiger partial charge in [0, 0.05) is 11.9 Å². The van der Waals surface area contributed by atoms with E-state index in [0.717, 1.165) is 27.8 Å². The molecule has 4 heteroatoms. The van der Waals surface area contributed by atoms with Crippen LogP contribution in [0.3, 0.4) is 0 Å². The molecule has 3 rings (SSSR count). The average molecular weight is 274 g/mol. The summed E-state index contributed by atoms with van der Waals surface area (Å²) in [5.41, 5.74) is 4.46. The first-order valence-electron chi connectivity index (χ1n) is 6.92. The maximum absolute atomic E-state index is 13.5. The Kier molecular flexibility index (Phi) is 3.13. The summed E-state index contributed by atoms with van der Waals surface area (Å²) in [5, 5.41) is 10.7. The molecule has 1 saturated heterocycles. The summed E-state index contributed by atoms with van der Waals surface area (Å²) in [6.45, 7) is 6.69. The Morgan fingerprint density at radius 1 is 1.20 bits per heavy atom. The van der Waals surface area contributed by atoms with Gasteiger partial charge in [-0.3, -0.25) is 0 Å². The van der Waals surface area contributed by atoms with E-state index in [9.17, 15) is 9.50 Å². The van der Waals surface area contributed by atoms with Crippen molar-refractivity contribution < 1.29 is 9.50 Å². The van der Waals surface area contributed by atoms with E-state index in [2.05, 4.69) is 26.0 Å². The fourth-order valence-electron chi connectivity index (χ4n) is 2.78. The molecule has 0 amide bonds. The van der Waals surface area contributed by atoms with Gasteiger partial charge < -0.3 is 10.0 Å². The van der Waals surface area contributed by atoms with Gasteiger partial charge in [-0.05, 0) is 43.5 Å². The van der Waals surface area contributed by atoms with E-state index >= 15 is 0 Å². The smallest absolute Gasteiger partial charge is 0.145 e. The lowest BCUT2D eigenvalue weighted by atomic mass is 10.0. The Morgan fingerprint density at radius 2 is 1.95 bits per heavy atom. The fraction of sp³-hybridized carbons (Fsp3) is 0.438. The van der Waals surface area contributed by atoms with Crippen LogP contribution in [0.15, 0.2) is 18.2 Å². The van der Waals surface area contributed by atoms with Gasteiger partial charge in [0.2, 0.25) is 0 Å². The zero-order valence-corrected chi connectivity index (χ0v) is 12.0. The van der Waals surface area contributed by atoms with Gasteiger partial charge in [0.1, 0.15) is 18.1 Å². The van der Waals surface area contributed by atoms with Crippen LogP contribution in [0, 0.1) is 20.8 Å². The lowest BCUT2D eigenvalue weighted by molar-refractivity contribution is 0.118. The van der Waals surface area contributed by atoms with Gasteiger partial charge in [-0.15, -0.1) is 0 Å². The molecule has 106 valence electrons. The summed E-state index contributed by atoms with van der Waals surface area (Å²) in [5.74, 6) is 0.753. The molecule has 0 saturated carbocycles. The van der Waals surface area contributed by atoms with Crippen LogP contribution in [-0.2, 0) is 0 Å². The summed E-state index contributed by atoms with van der Waals surface area (Å²) in [6.07, 6.45) is -2.10. The molecule has 20 heavy (non-hydrogen) atoms. The van der Waals surface area contributed by atoms with Crippen molar-refractivity contribution in [3.63, 3.8) is 0 Å². The number of halogens is 1.